The minimum Gasteiger partial charge on any atom is -0.478 e. The van der Waals surface area contributed by atoms with Gasteiger partial charge < -0.3 is 10.0 Å². The van der Waals surface area contributed by atoms with Gasteiger partial charge in [-0.3, -0.25) is 0 Å². The van der Waals surface area contributed by atoms with Crippen molar-refractivity contribution in [1.29, 1.82) is 0 Å². The Bertz CT molecular complexity index is 680. The number of hydrogen-bond donors (Lipinski definition) is 1. The smallest absolute Gasteiger partial charge is 0.335 e. The number of anilines is 2. The van der Waals surface area contributed by atoms with Crippen LogP contribution in [0, 0.1) is 12.7 Å². The molecule has 2 aromatic carbocycles. The molecule has 0 unspecified atom stereocenters. The first kappa shape index (κ1) is 12.7. The lowest BCUT2D eigenvalue weighted by molar-refractivity contribution is 0.0696. The van der Waals surface area contributed by atoms with Gasteiger partial charge in [-0.05, 0) is 60.9 Å². The highest BCUT2D eigenvalue weighted by Crippen LogP contribution is 2.37. The lowest BCUT2D eigenvalue weighted by Gasteiger charge is -2.21. The number of carboxylic acid groups (broad SMARTS) is 1. The minimum absolute atomic E-state index is 0.258. The molecule has 0 saturated heterocycles. The maximum atomic E-state index is 13.0. The molecule has 0 atom stereocenters. The maximum Gasteiger partial charge on any atom is 0.335 e. The van der Waals surface area contributed by atoms with E-state index >= 15 is 0 Å². The number of benzene rings is 2. The van der Waals surface area contributed by atoms with Gasteiger partial charge in [0.15, 0.2) is 0 Å². The number of halogens is 1. The Morgan fingerprint density at radius 1 is 1.25 bits per heavy atom. The van der Waals surface area contributed by atoms with E-state index in [1.807, 2.05) is 6.92 Å². The summed E-state index contributed by atoms with van der Waals surface area (Å²) in [6.45, 7) is 2.69. The topological polar surface area (TPSA) is 40.5 Å². The predicted octanol–water partition coefficient (Wildman–Crippen LogP) is 3.53. The number of aromatic carboxylic acids is 1. The zero-order chi connectivity index (χ0) is 14.3. The minimum atomic E-state index is -0.906. The second kappa shape index (κ2) is 4.63. The summed E-state index contributed by atoms with van der Waals surface area (Å²) in [5.74, 6) is -1.16. The van der Waals surface area contributed by atoms with Crippen LogP contribution in [0.15, 0.2) is 36.4 Å². The van der Waals surface area contributed by atoms with E-state index in [4.69, 9.17) is 5.11 Å². The number of rotatable bonds is 2. The summed E-state index contributed by atoms with van der Waals surface area (Å²) in [5, 5.41) is 9.10. The van der Waals surface area contributed by atoms with E-state index in [2.05, 4.69) is 4.90 Å². The summed E-state index contributed by atoms with van der Waals surface area (Å²) < 4.78 is 13.0. The van der Waals surface area contributed by atoms with E-state index in [0.717, 1.165) is 35.5 Å². The number of nitrogens with zero attached hydrogens (tertiary/aromatic N) is 1. The van der Waals surface area contributed by atoms with Gasteiger partial charge in [0, 0.05) is 17.9 Å². The molecule has 0 saturated carbocycles. The van der Waals surface area contributed by atoms with Crippen LogP contribution in [-0.2, 0) is 6.42 Å². The quantitative estimate of drug-likeness (QED) is 0.908. The molecule has 3 rings (SSSR count). The summed E-state index contributed by atoms with van der Waals surface area (Å²) in [7, 11) is 0. The number of aryl methyl sites for hydroxylation is 1. The van der Waals surface area contributed by atoms with Crippen LogP contribution in [0.4, 0.5) is 15.8 Å². The van der Waals surface area contributed by atoms with Gasteiger partial charge in [0.05, 0.1) is 5.56 Å². The largest absolute Gasteiger partial charge is 0.478 e. The molecule has 4 heteroatoms. The third-order valence-electron chi connectivity index (χ3n) is 3.64. The number of fused-ring (bicyclic) bond motifs is 1. The monoisotopic (exact) mass is 271 g/mol. The molecule has 0 bridgehead atoms. The van der Waals surface area contributed by atoms with Crippen LogP contribution >= 0.6 is 0 Å². The Hall–Kier alpha value is -2.36. The first-order valence-electron chi connectivity index (χ1n) is 6.46. The fourth-order valence-electron chi connectivity index (χ4n) is 2.78. The van der Waals surface area contributed by atoms with Crippen molar-refractivity contribution in [3.8, 4) is 0 Å². The molecule has 0 fully saturated rings. The zero-order valence-corrected chi connectivity index (χ0v) is 11.1. The Morgan fingerprint density at radius 3 is 2.60 bits per heavy atom. The van der Waals surface area contributed by atoms with E-state index in [1.165, 1.54) is 12.1 Å². The SMILES string of the molecule is Cc1cc(C(=O)O)cc2c1N(c1ccc(F)cc1)CC2. The van der Waals surface area contributed by atoms with Gasteiger partial charge in [-0.2, -0.15) is 0 Å². The highest BCUT2D eigenvalue weighted by atomic mass is 19.1. The molecule has 102 valence electrons. The molecule has 0 amide bonds. The number of carboxylic acids is 1. The highest BCUT2D eigenvalue weighted by Gasteiger charge is 2.24. The molecule has 0 aromatic heterocycles. The fourth-order valence-corrected chi connectivity index (χ4v) is 2.78. The standard InChI is InChI=1S/C16H14FNO2/c1-10-8-12(16(19)20)9-11-6-7-18(15(10)11)14-4-2-13(17)3-5-14/h2-5,8-9H,6-7H2,1H3,(H,19,20). The second-order valence-electron chi connectivity index (χ2n) is 4.98. The van der Waals surface area contributed by atoms with Crippen molar-refractivity contribution < 1.29 is 14.3 Å². The van der Waals surface area contributed by atoms with Crippen LogP contribution in [0.2, 0.25) is 0 Å². The van der Waals surface area contributed by atoms with E-state index in [-0.39, 0.29) is 5.82 Å². The van der Waals surface area contributed by atoms with Crippen LogP contribution in [0.25, 0.3) is 0 Å². The van der Waals surface area contributed by atoms with Gasteiger partial charge in [-0.1, -0.05) is 0 Å². The van der Waals surface area contributed by atoms with E-state index in [1.54, 1.807) is 24.3 Å². The van der Waals surface area contributed by atoms with Gasteiger partial charge in [0.1, 0.15) is 5.82 Å². The lowest BCUT2D eigenvalue weighted by Crippen LogP contribution is -2.14. The summed E-state index contributed by atoms with van der Waals surface area (Å²) in [4.78, 5) is 13.2. The first-order chi connectivity index (χ1) is 9.56. The summed E-state index contributed by atoms with van der Waals surface area (Å²) in [6, 6.07) is 9.78. The van der Waals surface area contributed by atoms with E-state index in [0.29, 0.717) is 5.56 Å². The van der Waals surface area contributed by atoms with E-state index < -0.39 is 5.97 Å². The molecule has 2 aromatic rings. The van der Waals surface area contributed by atoms with Crippen LogP contribution in [0.3, 0.4) is 0 Å². The van der Waals surface area contributed by atoms with Crippen LogP contribution in [0.1, 0.15) is 21.5 Å². The predicted molar refractivity (Wildman–Crippen MR) is 75.2 cm³/mol. The van der Waals surface area contributed by atoms with Gasteiger partial charge in [0.2, 0.25) is 0 Å². The summed E-state index contributed by atoms with van der Waals surface area (Å²) in [5.41, 5.74) is 4.26. The van der Waals surface area contributed by atoms with Gasteiger partial charge in [0.25, 0.3) is 0 Å². The second-order valence-corrected chi connectivity index (χ2v) is 4.98. The molecule has 1 N–H and O–H groups in total. The van der Waals surface area contributed by atoms with E-state index in [9.17, 15) is 9.18 Å². The average molecular weight is 271 g/mol. The molecule has 3 nitrogen and oxygen atoms in total. The molecular formula is C16H14FNO2. The van der Waals surface area contributed by atoms with Crippen molar-refractivity contribution in [3.05, 3.63) is 58.9 Å². The number of carbonyl (C=O) groups is 1. The van der Waals surface area contributed by atoms with Crippen molar-refractivity contribution in [1.82, 2.24) is 0 Å². The van der Waals surface area contributed by atoms with Crippen molar-refractivity contribution >= 4 is 17.3 Å². The molecule has 0 radical (unpaired) electrons. The first-order valence-corrected chi connectivity index (χ1v) is 6.46. The molecule has 0 aliphatic carbocycles. The maximum absolute atomic E-state index is 13.0. The van der Waals surface area contributed by atoms with Crippen LogP contribution < -0.4 is 4.90 Å². The number of hydrogen-bond acceptors (Lipinski definition) is 2. The molecule has 0 spiro atoms. The third-order valence-corrected chi connectivity index (χ3v) is 3.64. The van der Waals surface area contributed by atoms with Crippen molar-refractivity contribution in [2.45, 2.75) is 13.3 Å². The molecular weight excluding hydrogens is 257 g/mol. The summed E-state index contributed by atoms with van der Waals surface area (Å²) >= 11 is 0. The Kier molecular flexibility index (Phi) is 2.93. The lowest BCUT2D eigenvalue weighted by atomic mass is 10.0. The highest BCUT2D eigenvalue weighted by molar-refractivity contribution is 5.90. The molecule has 20 heavy (non-hydrogen) atoms. The fraction of sp³-hybridized carbons (Fsp3) is 0.188. The van der Waals surface area contributed by atoms with Gasteiger partial charge >= 0.3 is 5.97 Å². The normalized spacial score (nSPS) is 13.4. The third kappa shape index (κ3) is 2.03. The van der Waals surface area contributed by atoms with Gasteiger partial charge in [-0.25, -0.2) is 9.18 Å². The van der Waals surface area contributed by atoms with Crippen LogP contribution in [-0.4, -0.2) is 17.6 Å². The van der Waals surface area contributed by atoms with Gasteiger partial charge in [-0.15, -0.1) is 0 Å². The molecule has 1 aliphatic rings. The zero-order valence-electron chi connectivity index (χ0n) is 11.1. The van der Waals surface area contributed by atoms with Crippen molar-refractivity contribution in [2.75, 3.05) is 11.4 Å². The summed E-state index contributed by atoms with van der Waals surface area (Å²) in [6.07, 6.45) is 0.800. The van der Waals surface area contributed by atoms with Crippen molar-refractivity contribution in [2.24, 2.45) is 0 Å². The Morgan fingerprint density at radius 2 is 1.95 bits per heavy atom. The molecule has 1 heterocycles. The molecule has 1 aliphatic heterocycles. The van der Waals surface area contributed by atoms with Crippen LogP contribution in [0.5, 0.6) is 0 Å². The average Bonchev–Trinajstić information content (AvgIpc) is 2.84. The van der Waals surface area contributed by atoms with Crippen molar-refractivity contribution in [3.63, 3.8) is 0 Å². The Balaban J connectivity index is 2.06. The Labute approximate surface area is 116 Å².